The summed E-state index contributed by atoms with van der Waals surface area (Å²) in [4.78, 5) is 0.150. The Morgan fingerprint density at radius 2 is 1.75 bits per heavy atom. The van der Waals surface area contributed by atoms with Gasteiger partial charge in [0.25, 0.3) is 0 Å². The molecule has 0 aliphatic carbocycles. The van der Waals surface area contributed by atoms with Crippen LogP contribution < -0.4 is 21.7 Å². The average Bonchev–Trinajstić information content (AvgIpc) is 2.24. The van der Waals surface area contributed by atoms with E-state index in [1.165, 1.54) is 0 Å². The summed E-state index contributed by atoms with van der Waals surface area (Å²) in [5.74, 6) is -0.635. The molecular weight excluding hydrogens is 404 g/mol. The van der Waals surface area contributed by atoms with Gasteiger partial charge in [-0.25, -0.2) is 0 Å². The highest BCUT2D eigenvalue weighted by molar-refractivity contribution is 7.87. The van der Waals surface area contributed by atoms with Gasteiger partial charge in [0, 0.05) is 0 Å². The first kappa shape index (κ1) is 19.0. The van der Waals surface area contributed by atoms with E-state index in [2.05, 4.69) is 9.71 Å². The Kier molecular flexibility index (Phi) is 5.90. The highest BCUT2D eigenvalue weighted by Crippen LogP contribution is 2.43. The molecule has 0 fully saturated rings. The van der Waals surface area contributed by atoms with Gasteiger partial charge in [-0.3, -0.25) is 9.11 Å². The monoisotopic (exact) mass is 408 g/mol. The van der Waals surface area contributed by atoms with Crippen molar-refractivity contribution in [1.29, 1.82) is 5.39 Å². The van der Waals surface area contributed by atoms with Gasteiger partial charge in [-0.15, -0.1) is 0 Å². The number of hydrogen-bond acceptors (Lipinski definition) is 6. The molecule has 2 N–H and O–H groups in total. The molecule has 0 unspecified atom stereocenters. The summed E-state index contributed by atoms with van der Waals surface area (Å²) >= 11 is 5.58. The Balaban J connectivity index is 0.00000361. The van der Waals surface area contributed by atoms with Crippen LogP contribution in [0.4, 0.5) is 5.69 Å². The highest BCUT2D eigenvalue weighted by atomic mass is 79.9. The zero-order valence-electron chi connectivity index (χ0n) is 9.48. The number of rotatable bonds is 3. The maximum Gasteiger partial charge on any atom is 0.430 e. The third-order valence-corrected chi connectivity index (χ3v) is 4.01. The number of benzene rings is 1. The van der Waals surface area contributed by atoms with E-state index in [9.17, 15) is 16.8 Å². The lowest BCUT2D eigenvalue weighted by molar-refractivity contribution is -0.0000128. The summed E-state index contributed by atoms with van der Waals surface area (Å²) in [7, 11) is -8.99. The van der Waals surface area contributed by atoms with E-state index in [-0.39, 0.29) is 17.0 Å². The van der Waals surface area contributed by atoms with Crippen LogP contribution in [0.5, 0.6) is 5.75 Å². The molecule has 0 amide bonds. The van der Waals surface area contributed by atoms with Crippen molar-refractivity contribution in [2.24, 2.45) is 0 Å². The van der Waals surface area contributed by atoms with Crippen molar-refractivity contribution in [3.8, 4) is 5.75 Å². The molecule has 1 aromatic carbocycles. The Morgan fingerprint density at radius 3 is 2.05 bits per heavy atom. The molecule has 0 aliphatic heterocycles. The summed E-state index contributed by atoms with van der Waals surface area (Å²) in [6.45, 7) is 0. The van der Waals surface area contributed by atoms with Crippen molar-refractivity contribution >= 4 is 37.5 Å². The van der Waals surface area contributed by atoms with Crippen LogP contribution in [0.1, 0.15) is 0 Å². The third-order valence-electron chi connectivity index (χ3n) is 1.97. The van der Waals surface area contributed by atoms with Gasteiger partial charge in [0.1, 0.15) is 0 Å². The van der Waals surface area contributed by atoms with E-state index >= 15 is 0 Å². The molecule has 0 aliphatic rings. The molecule has 0 saturated carbocycles. The second-order valence-corrected chi connectivity index (χ2v) is 6.27. The minimum absolute atomic E-state index is 0. The van der Waals surface area contributed by atoms with Crippen LogP contribution in [-0.4, -0.2) is 33.1 Å². The van der Waals surface area contributed by atoms with Gasteiger partial charge >= 0.3 is 25.9 Å². The molecule has 0 saturated heterocycles. The number of diazo groups is 1. The number of hydrogen-bond donors (Lipinski definition) is 2. The fourth-order valence-corrected chi connectivity index (χ4v) is 3.24. The van der Waals surface area contributed by atoms with Crippen molar-refractivity contribution in [3.05, 3.63) is 16.1 Å². The molecule has 0 radical (unpaired) electrons. The Hall–Kier alpha value is -0.970. The number of nitrogens with zero attached hydrogens (tertiary/aromatic N) is 2. The summed E-state index contributed by atoms with van der Waals surface area (Å²) < 4.78 is 67.0. The molecule has 9 nitrogen and oxygen atoms in total. The summed E-state index contributed by atoms with van der Waals surface area (Å²) in [6.07, 6.45) is 0. The van der Waals surface area contributed by atoms with Gasteiger partial charge in [-0.1, -0.05) is 11.6 Å². The molecule has 1 rings (SSSR count). The van der Waals surface area contributed by atoms with Gasteiger partial charge < -0.3 is 21.7 Å². The lowest BCUT2D eigenvalue weighted by Gasteiger charge is -2.07. The van der Waals surface area contributed by atoms with Crippen molar-refractivity contribution in [2.45, 2.75) is 9.79 Å². The van der Waals surface area contributed by atoms with E-state index in [0.29, 0.717) is 6.07 Å². The molecule has 0 spiro atoms. The number of halogens is 2. The molecule has 112 valence electrons. The third kappa shape index (κ3) is 3.57. The van der Waals surface area contributed by atoms with E-state index in [1.54, 1.807) is 0 Å². The smallest absolute Gasteiger partial charge is 0.430 e. The molecule has 1 aromatic rings. The SMILES string of the molecule is COc1c(Cl)cc(S(=O)(=O)O)c([N+]#N)c1S(=O)(=O)O.[Br-]. The van der Waals surface area contributed by atoms with Crippen LogP contribution in [0.15, 0.2) is 15.9 Å². The minimum Gasteiger partial charge on any atom is -1.00 e. The first-order chi connectivity index (χ1) is 8.54. The first-order valence-corrected chi connectivity index (χ1v) is 7.50. The van der Waals surface area contributed by atoms with Crippen molar-refractivity contribution in [2.75, 3.05) is 7.11 Å². The first-order valence-electron chi connectivity index (χ1n) is 4.24. The normalized spacial score (nSPS) is 11.3. The highest BCUT2D eigenvalue weighted by Gasteiger charge is 2.39. The largest absolute Gasteiger partial charge is 1.00 e. The number of methoxy groups -OCH3 is 1. The zero-order valence-corrected chi connectivity index (χ0v) is 13.5. The van der Waals surface area contributed by atoms with Crippen LogP contribution in [0.25, 0.3) is 4.98 Å². The summed E-state index contributed by atoms with van der Waals surface area (Å²) in [6, 6.07) is 0.611. The molecule has 13 heteroatoms. The molecule has 20 heavy (non-hydrogen) atoms. The maximum absolute atomic E-state index is 11.2. The van der Waals surface area contributed by atoms with Gasteiger partial charge in [0.2, 0.25) is 10.3 Å². The molecule has 0 aromatic heterocycles. The van der Waals surface area contributed by atoms with E-state index < -0.39 is 46.5 Å². The fourth-order valence-electron chi connectivity index (χ4n) is 1.30. The Morgan fingerprint density at radius 1 is 1.25 bits per heavy atom. The second kappa shape index (κ2) is 6.20. The van der Waals surface area contributed by atoms with Crippen LogP contribution in [-0.2, 0) is 20.2 Å². The van der Waals surface area contributed by atoms with Crippen LogP contribution in [0, 0.1) is 5.39 Å². The maximum atomic E-state index is 11.2. The van der Waals surface area contributed by atoms with Gasteiger partial charge in [0.15, 0.2) is 15.6 Å². The summed E-state index contributed by atoms with van der Waals surface area (Å²) in [5, 5.41) is 8.18. The fraction of sp³-hybridized carbons (Fsp3) is 0.143. The van der Waals surface area contributed by atoms with Crippen LogP contribution >= 0.6 is 11.6 Å². The lowest BCUT2D eigenvalue weighted by atomic mass is 10.3. The lowest BCUT2D eigenvalue weighted by Crippen LogP contribution is -3.00. The van der Waals surface area contributed by atoms with E-state index in [0.717, 1.165) is 7.11 Å². The number of ether oxygens (including phenoxy) is 1. The predicted molar refractivity (Wildman–Crippen MR) is 62.4 cm³/mol. The predicted octanol–water partition coefficient (Wildman–Crippen LogP) is -1.67. The Bertz CT molecular complexity index is 784. The van der Waals surface area contributed by atoms with Gasteiger partial charge in [0.05, 0.1) is 12.1 Å². The molecular formula is C7H6BrClN2O7S2. The van der Waals surface area contributed by atoms with E-state index in [4.69, 9.17) is 26.1 Å². The van der Waals surface area contributed by atoms with Gasteiger partial charge in [-0.2, -0.15) is 16.8 Å². The molecule has 0 atom stereocenters. The zero-order chi connectivity index (χ0) is 15.0. The van der Waals surface area contributed by atoms with Crippen LogP contribution in [0.2, 0.25) is 5.02 Å². The van der Waals surface area contributed by atoms with Crippen molar-refractivity contribution in [1.82, 2.24) is 0 Å². The quantitative estimate of drug-likeness (QED) is 0.445. The Labute approximate surface area is 129 Å². The molecule has 0 heterocycles. The topological polar surface area (TPSA) is 146 Å². The molecule has 0 bridgehead atoms. The summed E-state index contributed by atoms with van der Waals surface area (Å²) in [5.41, 5.74) is -1.12. The average molecular weight is 410 g/mol. The minimum atomic E-state index is -5.03. The van der Waals surface area contributed by atoms with Gasteiger partial charge in [-0.05, 0) is 6.07 Å². The standard InChI is InChI=1S/C7H5ClN2O7S2.BrH/c1-17-6-3(8)2-4(18(11,12)13)5(10-9)7(6)19(14,15)16;/h2H,1H3,(H-,11,12,13,14,15,16);1H. The van der Waals surface area contributed by atoms with Crippen molar-refractivity contribution < 1.29 is 47.7 Å². The van der Waals surface area contributed by atoms with Crippen molar-refractivity contribution in [3.63, 3.8) is 0 Å². The van der Waals surface area contributed by atoms with Crippen LogP contribution in [0.3, 0.4) is 0 Å². The second-order valence-electron chi connectivity index (χ2n) is 3.12. The van der Waals surface area contributed by atoms with E-state index in [1.807, 2.05) is 0 Å².